The van der Waals surface area contributed by atoms with Crippen LogP contribution in [-0.4, -0.2) is 28.9 Å². The number of nitrogen functional groups attached to an aromatic ring is 1. The Hall–Kier alpha value is -1.58. The van der Waals surface area contributed by atoms with Gasteiger partial charge in [0.05, 0.1) is 17.4 Å². The van der Waals surface area contributed by atoms with Crippen LogP contribution < -0.4 is 5.73 Å². The SMILES string of the molecule is CCCN(CCC)C(=O)c1ccncc1N. The smallest absolute Gasteiger partial charge is 0.256 e. The molecule has 0 unspecified atom stereocenters. The maximum atomic E-state index is 12.2. The Kier molecular flexibility index (Phi) is 4.76. The first-order valence-corrected chi connectivity index (χ1v) is 5.69. The van der Waals surface area contributed by atoms with Crippen molar-refractivity contribution < 1.29 is 4.79 Å². The fraction of sp³-hybridized carbons (Fsp3) is 0.500. The van der Waals surface area contributed by atoms with E-state index in [9.17, 15) is 4.79 Å². The number of nitrogens with zero attached hydrogens (tertiary/aromatic N) is 2. The Morgan fingerprint density at radius 3 is 2.50 bits per heavy atom. The number of carbonyl (C=O) groups is 1. The van der Waals surface area contributed by atoms with E-state index in [1.807, 2.05) is 4.90 Å². The van der Waals surface area contributed by atoms with Crippen LogP contribution in [0.3, 0.4) is 0 Å². The third kappa shape index (κ3) is 2.95. The van der Waals surface area contributed by atoms with Gasteiger partial charge in [-0.05, 0) is 18.9 Å². The van der Waals surface area contributed by atoms with Crippen molar-refractivity contribution in [1.29, 1.82) is 0 Å². The molecule has 1 aromatic rings. The average Bonchev–Trinajstić information content (AvgIpc) is 2.28. The Morgan fingerprint density at radius 2 is 2.00 bits per heavy atom. The van der Waals surface area contributed by atoms with Crippen LogP contribution in [0.4, 0.5) is 5.69 Å². The quantitative estimate of drug-likeness (QED) is 0.826. The van der Waals surface area contributed by atoms with Crippen LogP contribution in [-0.2, 0) is 0 Å². The minimum absolute atomic E-state index is 0.00333. The summed E-state index contributed by atoms with van der Waals surface area (Å²) in [6.07, 6.45) is 5.02. The van der Waals surface area contributed by atoms with Gasteiger partial charge in [-0.1, -0.05) is 13.8 Å². The second-order valence-electron chi connectivity index (χ2n) is 3.76. The lowest BCUT2D eigenvalue weighted by molar-refractivity contribution is 0.0756. The number of carbonyl (C=O) groups excluding carboxylic acids is 1. The fourth-order valence-electron chi connectivity index (χ4n) is 1.63. The molecule has 0 saturated heterocycles. The second kappa shape index (κ2) is 6.10. The lowest BCUT2D eigenvalue weighted by atomic mass is 10.2. The van der Waals surface area contributed by atoms with Gasteiger partial charge in [-0.25, -0.2) is 0 Å². The number of aromatic nitrogens is 1. The molecule has 1 rings (SSSR count). The summed E-state index contributed by atoms with van der Waals surface area (Å²) < 4.78 is 0. The molecule has 0 spiro atoms. The van der Waals surface area contributed by atoms with E-state index in [0.29, 0.717) is 11.3 Å². The molecule has 0 atom stereocenters. The predicted octanol–water partition coefficient (Wildman–Crippen LogP) is 1.93. The van der Waals surface area contributed by atoms with Crippen molar-refractivity contribution in [3.8, 4) is 0 Å². The monoisotopic (exact) mass is 221 g/mol. The van der Waals surface area contributed by atoms with E-state index in [4.69, 9.17) is 5.73 Å². The van der Waals surface area contributed by atoms with E-state index in [1.54, 1.807) is 12.3 Å². The summed E-state index contributed by atoms with van der Waals surface area (Å²) in [7, 11) is 0. The second-order valence-corrected chi connectivity index (χ2v) is 3.76. The molecule has 16 heavy (non-hydrogen) atoms. The van der Waals surface area contributed by atoms with E-state index in [1.165, 1.54) is 6.20 Å². The summed E-state index contributed by atoms with van der Waals surface area (Å²) in [4.78, 5) is 17.9. The molecule has 4 nitrogen and oxygen atoms in total. The molecule has 0 aliphatic heterocycles. The summed E-state index contributed by atoms with van der Waals surface area (Å²) in [6, 6.07) is 1.68. The number of hydrogen-bond donors (Lipinski definition) is 1. The molecule has 1 heterocycles. The van der Waals surface area contributed by atoms with E-state index in [0.717, 1.165) is 25.9 Å². The highest BCUT2D eigenvalue weighted by Crippen LogP contribution is 2.12. The van der Waals surface area contributed by atoms with Gasteiger partial charge in [-0.15, -0.1) is 0 Å². The van der Waals surface area contributed by atoms with E-state index >= 15 is 0 Å². The van der Waals surface area contributed by atoms with Crippen LogP contribution in [0.25, 0.3) is 0 Å². The molecule has 2 N–H and O–H groups in total. The van der Waals surface area contributed by atoms with Crippen molar-refractivity contribution >= 4 is 11.6 Å². The lowest BCUT2D eigenvalue weighted by Crippen LogP contribution is -2.33. The van der Waals surface area contributed by atoms with Gasteiger partial charge in [0.15, 0.2) is 0 Å². The highest BCUT2D eigenvalue weighted by Gasteiger charge is 2.16. The number of nitrogens with two attached hydrogens (primary N) is 1. The summed E-state index contributed by atoms with van der Waals surface area (Å²) in [5.74, 6) is 0.00333. The summed E-state index contributed by atoms with van der Waals surface area (Å²) in [6.45, 7) is 5.67. The molecule has 88 valence electrons. The van der Waals surface area contributed by atoms with Gasteiger partial charge in [-0.2, -0.15) is 0 Å². The first kappa shape index (κ1) is 12.5. The van der Waals surface area contributed by atoms with E-state index < -0.39 is 0 Å². The zero-order valence-corrected chi connectivity index (χ0v) is 9.94. The van der Waals surface area contributed by atoms with Crippen LogP contribution in [0.5, 0.6) is 0 Å². The number of pyridine rings is 1. The third-order valence-electron chi connectivity index (χ3n) is 2.36. The van der Waals surface area contributed by atoms with Crippen molar-refractivity contribution in [3.05, 3.63) is 24.0 Å². The molecular weight excluding hydrogens is 202 g/mol. The van der Waals surface area contributed by atoms with Crippen molar-refractivity contribution in [2.45, 2.75) is 26.7 Å². The lowest BCUT2D eigenvalue weighted by Gasteiger charge is -2.21. The first-order valence-electron chi connectivity index (χ1n) is 5.69. The zero-order chi connectivity index (χ0) is 12.0. The minimum atomic E-state index is 0.00333. The van der Waals surface area contributed by atoms with Crippen molar-refractivity contribution in [2.75, 3.05) is 18.8 Å². The summed E-state index contributed by atoms with van der Waals surface area (Å²) in [5, 5.41) is 0. The molecule has 0 saturated carbocycles. The molecule has 4 heteroatoms. The molecule has 0 fully saturated rings. The van der Waals surface area contributed by atoms with Gasteiger partial charge >= 0.3 is 0 Å². The standard InChI is InChI=1S/C12H19N3O/c1-3-7-15(8-4-2)12(16)10-5-6-14-9-11(10)13/h5-6,9H,3-4,7-8,13H2,1-2H3. The Labute approximate surface area is 96.5 Å². The van der Waals surface area contributed by atoms with Crippen molar-refractivity contribution in [3.63, 3.8) is 0 Å². The van der Waals surface area contributed by atoms with Crippen LogP contribution in [0.1, 0.15) is 37.0 Å². The largest absolute Gasteiger partial charge is 0.397 e. The topological polar surface area (TPSA) is 59.2 Å². The molecule has 0 aliphatic carbocycles. The maximum Gasteiger partial charge on any atom is 0.256 e. The molecule has 0 aliphatic rings. The Balaban J connectivity index is 2.85. The van der Waals surface area contributed by atoms with E-state index in [-0.39, 0.29) is 5.91 Å². The summed E-state index contributed by atoms with van der Waals surface area (Å²) >= 11 is 0. The molecule has 1 amide bonds. The minimum Gasteiger partial charge on any atom is -0.397 e. The van der Waals surface area contributed by atoms with Crippen LogP contribution >= 0.6 is 0 Å². The molecule has 1 aromatic heterocycles. The third-order valence-corrected chi connectivity index (χ3v) is 2.36. The first-order chi connectivity index (χ1) is 7.70. The van der Waals surface area contributed by atoms with Crippen LogP contribution in [0, 0.1) is 0 Å². The number of rotatable bonds is 5. The number of anilines is 1. The summed E-state index contributed by atoms with van der Waals surface area (Å²) in [5.41, 5.74) is 6.74. The average molecular weight is 221 g/mol. The normalized spacial score (nSPS) is 10.1. The van der Waals surface area contributed by atoms with Gasteiger partial charge in [0, 0.05) is 19.3 Å². The molecule has 0 bridgehead atoms. The molecular formula is C12H19N3O. The number of amides is 1. The van der Waals surface area contributed by atoms with Crippen molar-refractivity contribution in [1.82, 2.24) is 9.88 Å². The van der Waals surface area contributed by atoms with E-state index in [2.05, 4.69) is 18.8 Å². The van der Waals surface area contributed by atoms with Crippen molar-refractivity contribution in [2.24, 2.45) is 0 Å². The number of hydrogen-bond acceptors (Lipinski definition) is 3. The van der Waals surface area contributed by atoms with Gasteiger partial charge in [0.2, 0.25) is 0 Å². The predicted molar refractivity (Wildman–Crippen MR) is 65.1 cm³/mol. The highest BCUT2D eigenvalue weighted by molar-refractivity contribution is 5.98. The molecule has 0 aromatic carbocycles. The fourth-order valence-corrected chi connectivity index (χ4v) is 1.63. The van der Waals surface area contributed by atoms with Gasteiger partial charge in [0.1, 0.15) is 0 Å². The highest BCUT2D eigenvalue weighted by atomic mass is 16.2. The zero-order valence-electron chi connectivity index (χ0n) is 9.94. The Morgan fingerprint density at radius 1 is 1.38 bits per heavy atom. The van der Waals surface area contributed by atoms with Gasteiger partial charge in [-0.3, -0.25) is 9.78 Å². The van der Waals surface area contributed by atoms with Gasteiger partial charge in [0.25, 0.3) is 5.91 Å². The maximum absolute atomic E-state index is 12.2. The van der Waals surface area contributed by atoms with Gasteiger partial charge < -0.3 is 10.6 Å². The molecule has 0 radical (unpaired) electrons. The van der Waals surface area contributed by atoms with Crippen LogP contribution in [0.15, 0.2) is 18.5 Å². The van der Waals surface area contributed by atoms with Crippen LogP contribution in [0.2, 0.25) is 0 Å². The Bertz CT molecular complexity index is 346.